The van der Waals surface area contributed by atoms with E-state index in [9.17, 15) is 77.9 Å². The molecule has 1 spiro atoms. The van der Waals surface area contributed by atoms with Crippen molar-refractivity contribution in [3.63, 3.8) is 0 Å². The molecule has 0 unspecified atom stereocenters. The average molecular weight is 1740 g/mol. The summed E-state index contributed by atoms with van der Waals surface area (Å²) in [5.74, 6) is -0.264. The number of amidine groups is 4. The third-order valence-corrected chi connectivity index (χ3v) is 42.4. The van der Waals surface area contributed by atoms with Gasteiger partial charge in [0.05, 0.1) is 0 Å². The maximum atomic E-state index is 12.1. The van der Waals surface area contributed by atoms with Crippen LogP contribution in [0.25, 0.3) is 21.5 Å². The van der Waals surface area contributed by atoms with Gasteiger partial charge in [-0.3, -0.25) is 6.29 Å². The second-order valence-electron chi connectivity index (χ2n) is 30.3. The maximum Gasteiger partial charge on any atom is 1.00 e. The Morgan fingerprint density at radius 2 is 0.705 bits per heavy atom. The summed E-state index contributed by atoms with van der Waals surface area (Å²) < 4.78 is 221. The molecule has 112 heavy (non-hydrogen) atoms. The fourth-order valence-electron chi connectivity index (χ4n) is 17.6. The standard InChI is InChI=1S/C69H96N10O20S5Si3.4Na.H2O/c1-105(2,52-23-39-78(34-13-18-47-100(81,82)83,35-14-19-48-101(84,85)86)36-15-20-49-102(87,88)89)98-107(99-106(3,4)53-24-40-79(37-16-21-50-103(90,91)92,38-17-22-51-104(93,94)95)41-44-97-46-45-96-43-25-42-80)74-62-54-26-5-6-27-55(54)63(74)71-65-58-30-9-10-31-59(58)67(76(65)107)73-69-61-33-12-11-32-60(61)68(77(69)107)72-66-57-29-8-7-28-56(57)64(70-62)75(66)107;;;;;/h5-12,26-33H,13-25,34-41,43-53H2,1-4H3,(H4-,81,82,83,84,85,86,87,88,89,90,91,92,93,94,95);;;;;1H2/q;4*+1;/p-5. The summed E-state index contributed by atoms with van der Waals surface area (Å²) in [7, 11) is -38.1. The Labute approximate surface area is 745 Å². The van der Waals surface area contributed by atoms with Crippen molar-refractivity contribution in [3.8, 4) is 0 Å². The van der Waals surface area contributed by atoms with E-state index >= 15 is 0 Å². The minimum Gasteiger partial charge on any atom is -0.870 e. The number of hydrogen-bond acceptors (Lipinski definition) is 25. The first kappa shape index (κ1) is 97.0. The van der Waals surface area contributed by atoms with Crippen LogP contribution in [0, 0.1) is 0 Å². The zero-order chi connectivity index (χ0) is 76.8. The third kappa shape index (κ3) is 19.7. The molecule has 0 bridgehead atoms. The Balaban J connectivity index is 0.00000348. The smallest absolute Gasteiger partial charge is 0.870 e. The van der Waals surface area contributed by atoms with Crippen LogP contribution in [0.15, 0.2) is 117 Å². The molecule has 6 aliphatic heterocycles. The summed E-state index contributed by atoms with van der Waals surface area (Å²) in [6.07, 6.45) is 4.04. The average Bonchev–Trinajstić information content (AvgIpc) is 1.31. The van der Waals surface area contributed by atoms with E-state index in [1.54, 1.807) is 0 Å². The van der Waals surface area contributed by atoms with Gasteiger partial charge in [-0.25, -0.2) is 0 Å². The molecular weight excluding hydrogens is 1640 g/mol. The predicted octanol–water partition coefficient (Wildman–Crippen LogP) is -6.82. The van der Waals surface area contributed by atoms with Crippen molar-refractivity contribution in [2.75, 3.05) is 108 Å². The Morgan fingerprint density at radius 1 is 0.402 bits per heavy atom. The number of carbonyl (C=O) groups excluding carboxylic acids is 1. The molecule has 0 fully saturated rings. The monoisotopic (exact) mass is 1730 g/mol. The Bertz CT molecular complexity index is 5110. The largest absolute Gasteiger partial charge is 1.00 e. The molecule has 1 N–H and O–H groups in total. The number of aromatic nitrogens is 2. The molecule has 0 saturated carbocycles. The van der Waals surface area contributed by atoms with Crippen molar-refractivity contribution in [1.29, 1.82) is 0 Å². The molecule has 0 saturated heterocycles. The minimum absolute atomic E-state index is 0. The van der Waals surface area contributed by atoms with Gasteiger partial charge < -0.3 is 10.3 Å². The molecule has 2 aromatic heterocycles. The molecule has 0 radical (unpaired) electrons. The first-order valence-corrected chi connectivity index (χ1v) is 53.2. The molecule has 4 aromatic carbocycles. The van der Waals surface area contributed by atoms with Crippen molar-refractivity contribution in [2.24, 2.45) is 20.0 Å². The number of hydrogen-bond donors (Lipinski definition) is 0. The summed E-state index contributed by atoms with van der Waals surface area (Å²) >= 11 is 0. The van der Waals surface area contributed by atoms with Gasteiger partial charge in [0.15, 0.2) is 0 Å². The van der Waals surface area contributed by atoms with Gasteiger partial charge in [0.2, 0.25) is 0 Å². The maximum absolute atomic E-state index is 12.1. The SMILES string of the molecule is C[Si](C)(CCC[N+](CCCCS(=O)(=O)[O-])(CCCCS(=O)(=O)[O-])CCCCS(=O)(=O)[O-])O[Si-2]123(O[Si](C)(C)CCC[N+](CCCCS(=O)(=O)[O-])(CCCCS(=O)(=O)[O-])CCOCCOCC[C-]=O)n4c5c6ccccc6c4N=C4c6ccccc6C(=[N+]41)N=c1c4ccccc4c(n12)=NC1=[N+]3C(=N5)c2ccccc21.[Na+].[Na+].[Na+].[Na+].[OH-]. The molecule has 6 aliphatic rings. The first-order valence-electron chi connectivity index (χ1n) is 36.5. The molecule has 0 amide bonds. The van der Waals surface area contributed by atoms with Crippen molar-refractivity contribution >= 4 is 138 Å². The number of fused-ring (bicyclic) bond motifs is 12. The Morgan fingerprint density at radius 3 is 1.04 bits per heavy atom. The molecule has 592 valence electrons. The molecule has 31 nitrogen and oxygen atoms in total. The van der Waals surface area contributed by atoms with E-state index in [2.05, 4.69) is 43.1 Å². The van der Waals surface area contributed by atoms with Crippen molar-refractivity contribution in [3.05, 3.63) is 130 Å². The van der Waals surface area contributed by atoms with Gasteiger partial charge >= 0.3 is 725 Å². The number of rotatable bonds is 46. The van der Waals surface area contributed by atoms with Gasteiger partial charge in [0, 0.05) is 6.61 Å². The van der Waals surface area contributed by atoms with Gasteiger partial charge in [-0.2, -0.15) is 0 Å². The number of ether oxygens (including phenoxy) is 2. The van der Waals surface area contributed by atoms with Gasteiger partial charge in [-0.05, 0) is 0 Å². The number of quaternary nitrogens is 2. The molecule has 12 rings (SSSR count). The molecule has 6 aromatic rings. The van der Waals surface area contributed by atoms with Crippen LogP contribution in [-0.4, -0.2) is 258 Å². The summed E-state index contributed by atoms with van der Waals surface area (Å²) in [6, 6.07) is 32.5. The second-order valence-corrected chi connectivity index (χ2v) is 52.2. The van der Waals surface area contributed by atoms with Gasteiger partial charge in [-0.15, -0.1) is 6.42 Å². The zero-order valence-electron chi connectivity index (χ0n) is 65.0. The van der Waals surface area contributed by atoms with Crippen LogP contribution < -0.4 is 129 Å². The molecular formula is C69H93N10Na4O21S5Si3-. The van der Waals surface area contributed by atoms with Crippen LogP contribution in [-0.2, 0) is 73.1 Å². The fraction of sp³-hybridized carbons (Fsp3) is 0.522. The van der Waals surface area contributed by atoms with Gasteiger partial charge in [0.1, 0.15) is 0 Å². The van der Waals surface area contributed by atoms with E-state index in [-0.39, 0.29) is 237 Å². The Hall–Kier alpha value is -2.17. The molecule has 0 aliphatic carbocycles. The summed E-state index contributed by atoms with van der Waals surface area (Å²) in [5, 5.41) is 2.92. The van der Waals surface area contributed by atoms with E-state index in [4.69, 9.17) is 29.4 Å². The van der Waals surface area contributed by atoms with Crippen LogP contribution in [0.5, 0.6) is 0 Å². The minimum atomic E-state index is -7.45. The Kier molecular flexibility index (Phi) is 32.4. The van der Waals surface area contributed by atoms with Crippen molar-refractivity contribution in [2.45, 2.75) is 122 Å². The third-order valence-electron chi connectivity index (χ3n) is 21.7. The van der Waals surface area contributed by atoms with Gasteiger partial charge in [0.25, 0.3) is 0 Å². The molecule has 8 heterocycles. The number of aliphatic imine (C=N–C) groups is 2. The van der Waals surface area contributed by atoms with Crippen molar-refractivity contribution < 1.29 is 229 Å². The zero-order valence-corrected chi connectivity index (χ0v) is 80.1. The van der Waals surface area contributed by atoms with Crippen LogP contribution in [0.3, 0.4) is 0 Å². The van der Waals surface area contributed by atoms with E-state index in [1.165, 1.54) is 0 Å². The van der Waals surface area contributed by atoms with E-state index in [0.717, 1.165) is 43.8 Å². The second kappa shape index (κ2) is 37.4. The summed E-state index contributed by atoms with van der Waals surface area (Å²) in [4.78, 5) is 34.3. The van der Waals surface area contributed by atoms with Crippen LogP contribution >= 0.6 is 0 Å². The summed E-state index contributed by atoms with van der Waals surface area (Å²) in [6.45, 7) is 11.8. The predicted molar refractivity (Wildman–Crippen MR) is 405 cm³/mol. The molecule has 43 heteroatoms. The number of unbranched alkanes of at least 4 members (excludes halogenated alkanes) is 5. The van der Waals surface area contributed by atoms with E-state index in [0.29, 0.717) is 116 Å². The van der Waals surface area contributed by atoms with Crippen LogP contribution in [0.1, 0.15) is 106 Å². The van der Waals surface area contributed by atoms with Crippen molar-refractivity contribution in [1.82, 2.24) is 8.47 Å². The van der Waals surface area contributed by atoms with E-state index in [1.807, 2.05) is 103 Å². The molecule has 0 atom stereocenters. The first-order chi connectivity index (χ1) is 50.4. The quantitative estimate of drug-likeness (QED) is 0.0113. The van der Waals surface area contributed by atoms with E-state index < -0.39 is 104 Å². The van der Waals surface area contributed by atoms with Crippen LogP contribution in [0.4, 0.5) is 11.6 Å². The topological polar surface area (TPSA) is 435 Å². The fourth-order valence-corrected chi connectivity index (χ4v) is 42.6. The van der Waals surface area contributed by atoms with Crippen LogP contribution in [0.2, 0.25) is 38.3 Å². The number of nitrogens with zero attached hydrogens (tertiary/aromatic N) is 10. The van der Waals surface area contributed by atoms with Gasteiger partial charge in [-0.1, -0.05) is 0 Å². The number of benzene rings is 4. The normalized spacial score (nSPS) is 16.7. The summed E-state index contributed by atoms with van der Waals surface area (Å²) in [5.41, 5.74) is 3.88.